The van der Waals surface area contributed by atoms with Gasteiger partial charge in [0.1, 0.15) is 0 Å². The Balaban J connectivity index is 1.85. The third-order valence-corrected chi connectivity index (χ3v) is 4.15. The van der Waals surface area contributed by atoms with Gasteiger partial charge in [-0.05, 0) is 31.6 Å². The van der Waals surface area contributed by atoms with Crippen molar-refractivity contribution >= 4 is 11.9 Å². The molecule has 2 fully saturated rings. The number of ether oxygens (including phenoxy) is 1. The van der Waals surface area contributed by atoms with Crippen molar-refractivity contribution in [3.8, 4) is 0 Å². The summed E-state index contributed by atoms with van der Waals surface area (Å²) in [5.74, 6) is -0.472. The number of hydrogen-bond acceptors (Lipinski definition) is 3. The van der Waals surface area contributed by atoms with E-state index in [1.807, 2.05) is 0 Å². The van der Waals surface area contributed by atoms with Crippen LogP contribution in [0.3, 0.4) is 0 Å². The largest absolute Gasteiger partial charge is 0.481 e. The fourth-order valence-corrected chi connectivity index (χ4v) is 2.61. The van der Waals surface area contributed by atoms with Gasteiger partial charge < -0.3 is 15.2 Å². The molecule has 0 aliphatic heterocycles. The molecule has 2 saturated carbocycles. The molecule has 1 unspecified atom stereocenters. The van der Waals surface area contributed by atoms with E-state index in [1.165, 1.54) is 0 Å². The SMILES string of the molecule is COCC(NC(=O)CC1(C(=O)O)CCC1)C1CC1. The molecule has 18 heavy (non-hydrogen) atoms. The Hall–Kier alpha value is -1.10. The van der Waals surface area contributed by atoms with Crippen LogP contribution < -0.4 is 5.32 Å². The molecule has 2 N–H and O–H groups in total. The summed E-state index contributed by atoms with van der Waals surface area (Å²) in [6, 6.07) is 0.0495. The van der Waals surface area contributed by atoms with Gasteiger partial charge in [-0.2, -0.15) is 0 Å². The second-order valence-electron chi connectivity index (χ2n) is 5.58. The Labute approximate surface area is 107 Å². The van der Waals surface area contributed by atoms with Crippen molar-refractivity contribution in [2.24, 2.45) is 11.3 Å². The highest BCUT2D eigenvalue weighted by Crippen LogP contribution is 2.44. The number of carboxylic acids is 1. The number of amides is 1. The first-order valence-corrected chi connectivity index (χ1v) is 6.59. The van der Waals surface area contributed by atoms with E-state index >= 15 is 0 Å². The first-order chi connectivity index (χ1) is 8.57. The molecular formula is C13H21NO4. The zero-order valence-electron chi connectivity index (χ0n) is 10.8. The van der Waals surface area contributed by atoms with E-state index in [-0.39, 0.29) is 18.4 Å². The molecule has 0 heterocycles. The van der Waals surface area contributed by atoms with Crippen molar-refractivity contribution in [3.05, 3.63) is 0 Å². The molecule has 5 nitrogen and oxygen atoms in total. The van der Waals surface area contributed by atoms with Crippen LogP contribution in [0.4, 0.5) is 0 Å². The average molecular weight is 255 g/mol. The zero-order valence-corrected chi connectivity index (χ0v) is 10.8. The van der Waals surface area contributed by atoms with Gasteiger partial charge in [0.15, 0.2) is 0 Å². The van der Waals surface area contributed by atoms with Gasteiger partial charge in [0, 0.05) is 13.5 Å². The molecule has 1 atom stereocenters. The Morgan fingerprint density at radius 2 is 2.11 bits per heavy atom. The van der Waals surface area contributed by atoms with Crippen molar-refractivity contribution in [1.82, 2.24) is 5.32 Å². The number of rotatable bonds is 7. The first kappa shape index (κ1) is 13.3. The maximum Gasteiger partial charge on any atom is 0.310 e. The summed E-state index contributed by atoms with van der Waals surface area (Å²) >= 11 is 0. The van der Waals surface area contributed by atoms with Crippen LogP contribution in [0.5, 0.6) is 0 Å². The molecule has 2 aliphatic carbocycles. The summed E-state index contributed by atoms with van der Waals surface area (Å²) in [5.41, 5.74) is -0.800. The van der Waals surface area contributed by atoms with Gasteiger partial charge in [0.05, 0.1) is 18.1 Å². The Bertz CT molecular complexity index is 334. The minimum atomic E-state index is -0.835. The highest BCUT2D eigenvalue weighted by Gasteiger charge is 2.46. The Morgan fingerprint density at radius 1 is 1.44 bits per heavy atom. The summed E-state index contributed by atoms with van der Waals surface area (Å²) in [5, 5.41) is 12.1. The van der Waals surface area contributed by atoms with Crippen LogP contribution in [0, 0.1) is 11.3 Å². The van der Waals surface area contributed by atoms with E-state index in [0.29, 0.717) is 25.4 Å². The third kappa shape index (κ3) is 2.83. The van der Waals surface area contributed by atoms with Gasteiger partial charge in [-0.15, -0.1) is 0 Å². The standard InChI is InChI=1S/C13H21NO4/c1-18-8-10(9-3-4-9)14-11(15)7-13(12(16)17)5-2-6-13/h9-10H,2-8H2,1H3,(H,14,15)(H,16,17). The molecule has 5 heteroatoms. The first-order valence-electron chi connectivity index (χ1n) is 6.59. The van der Waals surface area contributed by atoms with Crippen LogP contribution >= 0.6 is 0 Å². The van der Waals surface area contributed by atoms with Crippen LogP contribution in [0.25, 0.3) is 0 Å². The lowest BCUT2D eigenvalue weighted by atomic mass is 9.66. The van der Waals surface area contributed by atoms with E-state index in [0.717, 1.165) is 19.3 Å². The lowest BCUT2D eigenvalue weighted by Crippen LogP contribution is -2.46. The van der Waals surface area contributed by atoms with Gasteiger partial charge in [0.2, 0.25) is 5.91 Å². The molecule has 2 aliphatic rings. The lowest BCUT2D eigenvalue weighted by Gasteiger charge is -2.37. The molecule has 0 aromatic carbocycles. The fourth-order valence-electron chi connectivity index (χ4n) is 2.61. The normalized spacial score (nSPS) is 22.9. The summed E-state index contributed by atoms with van der Waals surface area (Å²) < 4.78 is 5.09. The lowest BCUT2D eigenvalue weighted by molar-refractivity contribution is -0.157. The van der Waals surface area contributed by atoms with Crippen molar-refractivity contribution in [2.45, 2.75) is 44.6 Å². The van der Waals surface area contributed by atoms with Gasteiger partial charge in [-0.1, -0.05) is 6.42 Å². The van der Waals surface area contributed by atoms with Crippen molar-refractivity contribution < 1.29 is 19.4 Å². The van der Waals surface area contributed by atoms with Crippen LogP contribution in [0.2, 0.25) is 0 Å². The van der Waals surface area contributed by atoms with E-state index in [2.05, 4.69) is 5.32 Å². The molecule has 0 aromatic heterocycles. The number of nitrogens with one attached hydrogen (secondary N) is 1. The number of aliphatic carboxylic acids is 1. The number of carboxylic acid groups (broad SMARTS) is 1. The minimum Gasteiger partial charge on any atom is -0.481 e. The smallest absolute Gasteiger partial charge is 0.310 e. The molecule has 0 bridgehead atoms. The highest BCUT2D eigenvalue weighted by atomic mass is 16.5. The number of hydrogen-bond donors (Lipinski definition) is 2. The summed E-state index contributed by atoms with van der Waals surface area (Å²) in [6.45, 7) is 0.510. The van der Waals surface area contributed by atoms with E-state index in [4.69, 9.17) is 4.74 Å². The fraction of sp³-hybridized carbons (Fsp3) is 0.846. The van der Waals surface area contributed by atoms with E-state index in [9.17, 15) is 14.7 Å². The third-order valence-electron chi connectivity index (χ3n) is 4.15. The topological polar surface area (TPSA) is 75.6 Å². The van der Waals surface area contributed by atoms with Gasteiger partial charge in [-0.25, -0.2) is 0 Å². The molecule has 1 amide bonds. The van der Waals surface area contributed by atoms with Crippen molar-refractivity contribution in [1.29, 1.82) is 0 Å². The quantitative estimate of drug-likeness (QED) is 0.716. The second-order valence-corrected chi connectivity index (χ2v) is 5.58. The molecule has 0 saturated heterocycles. The maximum atomic E-state index is 11.9. The van der Waals surface area contributed by atoms with Crippen LogP contribution in [-0.2, 0) is 14.3 Å². The zero-order chi connectivity index (χ0) is 13.2. The predicted octanol–water partition coefficient (Wildman–Crippen LogP) is 1.17. The second kappa shape index (κ2) is 5.26. The number of carbonyl (C=O) groups is 2. The molecule has 102 valence electrons. The Kier molecular flexibility index (Phi) is 3.90. The summed E-state index contributed by atoms with van der Waals surface area (Å²) in [7, 11) is 1.62. The van der Waals surface area contributed by atoms with Crippen molar-refractivity contribution in [3.63, 3.8) is 0 Å². The molecule has 2 rings (SSSR count). The van der Waals surface area contributed by atoms with E-state index in [1.54, 1.807) is 7.11 Å². The average Bonchev–Trinajstić information content (AvgIpc) is 3.06. The predicted molar refractivity (Wildman–Crippen MR) is 65.1 cm³/mol. The number of carbonyl (C=O) groups excluding carboxylic acids is 1. The highest BCUT2D eigenvalue weighted by molar-refractivity contribution is 5.85. The van der Waals surface area contributed by atoms with Gasteiger partial charge in [-0.3, -0.25) is 9.59 Å². The van der Waals surface area contributed by atoms with Crippen LogP contribution in [0.1, 0.15) is 38.5 Å². The maximum absolute atomic E-state index is 11.9. The van der Waals surface area contributed by atoms with Gasteiger partial charge in [0.25, 0.3) is 0 Å². The summed E-state index contributed by atoms with van der Waals surface area (Å²) in [6.07, 6.45) is 4.50. The van der Waals surface area contributed by atoms with Crippen LogP contribution in [0.15, 0.2) is 0 Å². The summed E-state index contributed by atoms with van der Waals surface area (Å²) in [4.78, 5) is 23.1. The Morgan fingerprint density at radius 3 is 2.50 bits per heavy atom. The van der Waals surface area contributed by atoms with Gasteiger partial charge >= 0.3 is 5.97 Å². The molecule has 0 spiro atoms. The monoisotopic (exact) mass is 255 g/mol. The minimum absolute atomic E-state index is 0.0495. The van der Waals surface area contributed by atoms with Crippen LogP contribution in [-0.4, -0.2) is 36.7 Å². The molecule has 0 aromatic rings. The number of methoxy groups -OCH3 is 1. The van der Waals surface area contributed by atoms with Crippen molar-refractivity contribution in [2.75, 3.05) is 13.7 Å². The molecule has 0 radical (unpaired) electrons. The molecular weight excluding hydrogens is 234 g/mol. The van der Waals surface area contributed by atoms with E-state index < -0.39 is 11.4 Å².